The van der Waals surface area contributed by atoms with Gasteiger partial charge in [0.2, 0.25) is 5.91 Å². The first-order valence-electron chi connectivity index (χ1n) is 12.2. The van der Waals surface area contributed by atoms with Crippen LogP contribution in [0.25, 0.3) is 0 Å². The Labute approximate surface area is 182 Å². The smallest absolute Gasteiger partial charge is 0.222 e. The summed E-state index contributed by atoms with van der Waals surface area (Å²) in [6.07, 6.45) is 8.38. The molecule has 164 valence electrons. The number of hydrogen-bond donors (Lipinski definition) is 0. The number of hydrogen-bond acceptors (Lipinski definition) is 2. The summed E-state index contributed by atoms with van der Waals surface area (Å²) in [6.45, 7) is 9.67. The van der Waals surface area contributed by atoms with Gasteiger partial charge in [0.1, 0.15) is 5.75 Å². The van der Waals surface area contributed by atoms with Crippen molar-refractivity contribution >= 4 is 5.91 Å². The molecule has 3 heteroatoms. The molecule has 3 nitrogen and oxygen atoms in total. The van der Waals surface area contributed by atoms with Crippen LogP contribution < -0.4 is 4.74 Å². The predicted molar refractivity (Wildman–Crippen MR) is 120 cm³/mol. The summed E-state index contributed by atoms with van der Waals surface area (Å²) >= 11 is 0. The zero-order valence-corrected chi connectivity index (χ0v) is 19.5. The highest BCUT2D eigenvalue weighted by molar-refractivity contribution is 5.77. The quantitative estimate of drug-likeness (QED) is 0.613. The van der Waals surface area contributed by atoms with E-state index < -0.39 is 0 Å². The Bertz CT molecular complexity index is 819. The highest BCUT2D eigenvalue weighted by Gasteiger charge is 2.62. The molecule has 1 amide bonds. The monoisotopic (exact) mass is 409 g/mol. The molecule has 0 spiro atoms. The largest absolute Gasteiger partial charge is 0.490 e. The number of likely N-dealkylation sites (tertiary alicyclic amines) is 1. The molecule has 3 saturated carbocycles. The first-order valence-corrected chi connectivity index (χ1v) is 12.2. The topological polar surface area (TPSA) is 29.5 Å². The minimum atomic E-state index is 0.289. The summed E-state index contributed by atoms with van der Waals surface area (Å²) in [7, 11) is 2.06. The van der Waals surface area contributed by atoms with Crippen LogP contribution in [0, 0.1) is 41.4 Å². The van der Waals surface area contributed by atoms with Crippen LogP contribution in [0.3, 0.4) is 0 Å². The zero-order chi connectivity index (χ0) is 21.3. The van der Waals surface area contributed by atoms with Crippen LogP contribution in [-0.4, -0.2) is 30.0 Å². The summed E-state index contributed by atoms with van der Waals surface area (Å²) in [5.74, 6) is 4.35. The molecule has 8 atom stereocenters. The van der Waals surface area contributed by atoms with Crippen molar-refractivity contribution in [3.8, 4) is 5.75 Å². The second kappa shape index (κ2) is 7.00. The standard InChI is InChI=1S/C27H39NO2/c1-17-6-8-19(9-7-17)30-20-15-22-25-18(2)14-23-27(4,13-11-24(29)28(23)5)21(25)10-12-26(22,3)16-20/h6-9,18,20-23,25H,10-16H2,1-5H3/t18?,20?,21-,22+,23?,25-,26-,27-/m1/s1. The van der Waals surface area contributed by atoms with E-state index in [1.807, 2.05) is 0 Å². The fourth-order valence-electron chi connectivity index (χ4n) is 8.36. The number of benzene rings is 1. The third-order valence-corrected chi connectivity index (χ3v) is 9.98. The van der Waals surface area contributed by atoms with Gasteiger partial charge in [0.05, 0.1) is 6.10 Å². The van der Waals surface area contributed by atoms with Crippen molar-refractivity contribution in [3.63, 3.8) is 0 Å². The Morgan fingerprint density at radius 2 is 1.80 bits per heavy atom. The lowest BCUT2D eigenvalue weighted by Crippen LogP contribution is -2.62. The molecule has 5 rings (SSSR count). The van der Waals surface area contributed by atoms with Crippen molar-refractivity contribution in [1.82, 2.24) is 4.90 Å². The van der Waals surface area contributed by atoms with Gasteiger partial charge in [-0.1, -0.05) is 38.5 Å². The predicted octanol–water partition coefficient (Wildman–Crippen LogP) is 5.85. The van der Waals surface area contributed by atoms with E-state index in [1.54, 1.807) is 0 Å². The number of carbonyl (C=O) groups excluding carboxylic acids is 1. The van der Waals surface area contributed by atoms with Crippen molar-refractivity contribution in [1.29, 1.82) is 0 Å². The minimum Gasteiger partial charge on any atom is -0.490 e. The van der Waals surface area contributed by atoms with Gasteiger partial charge in [-0.05, 0) is 92.1 Å². The van der Waals surface area contributed by atoms with Gasteiger partial charge in [-0.25, -0.2) is 0 Å². The van der Waals surface area contributed by atoms with Gasteiger partial charge in [-0.15, -0.1) is 0 Å². The van der Waals surface area contributed by atoms with Crippen LogP contribution in [0.4, 0.5) is 0 Å². The second-order valence-electron chi connectivity index (χ2n) is 11.7. The van der Waals surface area contributed by atoms with E-state index in [1.165, 1.54) is 37.7 Å². The average Bonchev–Trinajstić information content (AvgIpc) is 3.04. The Morgan fingerprint density at radius 3 is 2.53 bits per heavy atom. The van der Waals surface area contributed by atoms with Crippen LogP contribution in [0.2, 0.25) is 0 Å². The van der Waals surface area contributed by atoms with Crippen LogP contribution in [-0.2, 0) is 4.79 Å². The molecule has 3 aliphatic carbocycles. The Balaban J connectivity index is 1.39. The molecule has 1 aliphatic heterocycles. The molecule has 0 bridgehead atoms. The summed E-state index contributed by atoms with van der Waals surface area (Å²) in [5.41, 5.74) is 1.98. The number of piperidine rings is 1. The first kappa shape index (κ1) is 20.4. The van der Waals surface area contributed by atoms with Crippen LogP contribution in [0.15, 0.2) is 24.3 Å². The molecule has 1 saturated heterocycles. The van der Waals surface area contributed by atoms with Crippen molar-refractivity contribution in [2.24, 2.45) is 34.5 Å². The lowest BCUT2D eigenvalue weighted by Gasteiger charge is -2.63. The molecular formula is C27H39NO2. The fourth-order valence-corrected chi connectivity index (χ4v) is 8.36. The van der Waals surface area contributed by atoms with Gasteiger partial charge >= 0.3 is 0 Å². The maximum atomic E-state index is 12.4. The average molecular weight is 410 g/mol. The summed E-state index contributed by atoms with van der Waals surface area (Å²) in [4.78, 5) is 14.6. The van der Waals surface area contributed by atoms with E-state index in [9.17, 15) is 4.79 Å². The van der Waals surface area contributed by atoms with Gasteiger partial charge in [0, 0.05) is 19.5 Å². The van der Waals surface area contributed by atoms with Gasteiger partial charge < -0.3 is 9.64 Å². The number of rotatable bonds is 2. The zero-order valence-electron chi connectivity index (χ0n) is 19.5. The van der Waals surface area contributed by atoms with E-state index in [4.69, 9.17) is 4.74 Å². The summed E-state index contributed by atoms with van der Waals surface area (Å²) < 4.78 is 6.51. The number of aryl methyl sites for hydroxylation is 1. The molecule has 0 N–H and O–H groups in total. The van der Waals surface area contributed by atoms with E-state index in [-0.39, 0.29) is 5.41 Å². The number of ether oxygens (including phenoxy) is 1. The molecule has 1 heterocycles. The maximum absolute atomic E-state index is 12.4. The van der Waals surface area contributed by atoms with E-state index >= 15 is 0 Å². The molecule has 1 aromatic rings. The van der Waals surface area contributed by atoms with Gasteiger partial charge in [-0.2, -0.15) is 0 Å². The van der Waals surface area contributed by atoms with Crippen molar-refractivity contribution < 1.29 is 9.53 Å². The van der Waals surface area contributed by atoms with Crippen molar-refractivity contribution in [2.75, 3.05) is 7.05 Å². The van der Waals surface area contributed by atoms with Crippen LogP contribution >= 0.6 is 0 Å². The number of amides is 1. The lowest BCUT2D eigenvalue weighted by atomic mass is 9.45. The van der Waals surface area contributed by atoms with E-state index in [2.05, 4.69) is 63.9 Å². The summed E-state index contributed by atoms with van der Waals surface area (Å²) in [6, 6.07) is 9.00. The normalized spacial score (nSPS) is 45.5. The maximum Gasteiger partial charge on any atom is 0.222 e. The summed E-state index contributed by atoms with van der Waals surface area (Å²) in [5, 5.41) is 0. The lowest BCUT2D eigenvalue weighted by molar-refractivity contribution is -0.164. The molecular weight excluding hydrogens is 370 g/mol. The van der Waals surface area contributed by atoms with Crippen LogP contribution in [0.5, 0.6) is 5.75 Å². The molecule has 0 aromatic heterocycles. The van der Waals surface area contributed by atoms with Gasteiger partial charge in [-0.3, -0.25) is 4.79 Å². The first-order chi connectivity index (χ1) is 14.2. The molecule has 1 aromatic carbocycles. The number of nitrogens with zero attached hydrogens (tertiary/aromatic N) is 1. The Morgan fingerprint density at radius 1 is 1.07 bits per heavy atom. The molecule has 30 heavy (non-hydrogen) atoms. The number of fused-ring (bicyclic) bond motifs is 5. The Hall–Kier alpha value is -1.51. The molecule has 4 aliphatic rings. The van der Waals surface area contributed by atoms with Crippen LogP contribution in [0.1, 0.15) is 71.3 Å². The van der Waals surface area contributed by atoms with E-state index in [0.717, 1.165) is 36.3 Å². The van der Waals surface area contributed by atoms with Gasteiger partial charge in [0.15, 0.2) is 0 Å². The minimum absolute atomic E-state index is 0.289. The fraction of sp³-hybridized carbons (Fsp3) is 0.741. The highest BCUT2D eigenvalue weighted by Crippen LogP contribution is 2.66. The van der Waals surface area contributed by atoms with Gasteiger partial charge in [0.25, 0.3) is 0 Å². The van der Waals surface area contributed by atoms with Crippen molar-refractivity contribution in [3.05, 3.63) is 29.8 Å². The third-order valence-electron chi connectivity index (χ3n) is 9.98. The van der Waals surface area contributed by atoms with Crippen molar-refractivity contribution in [2.45, 2.75) is 84.8 Å². The third kappa shape index (κ3) is 3.02. The number of carbonyl (C=O) groups is 1. The second-order valence-corrected chi connectivity index (χ2v) is 11.7. The Kier molecular flexibility index (Phi) is 4.76. The highest BCUT2D eigenvalue weighted by atomic mass is 16.5. The molecule has 4 fully saturated rings. The molecule has 3 unspecified atom stereocenters. The SMILES string of the molecule is Cc1ccc(OC2C[C@H]3[C@@H]4C(C)CC5N(C)C(=O)CC[C@]5(C)[C@@H]4CC[C@]3(C)C2)cc1. The van der Waals surface area contributed by atoms with E-state index in [0.29, 0.717) is 29.4 Å². The molecule has 0 radical (unpaired) electrons.